The predicted octanol–water partition coefficient (Wildman–Crippen LogP) is 1.17. The average molecular weight is 198 g/mol. The number of nitriles is 1. The number of carbonyl (C=O) groups is 1. The fourth-order valence-electron chi connectivity index (χ4n) is 1.15. The number of nitrogens with zero attached hydrogens (tertiary/aromatic N) is 2. The molecular formula is C10H18N2O2. The molecule has 4 nitrogen and oxygen atoms in total. The molecular weight excluding hydrogens is 180 g/mol. The molecule has 0 spiro atoms. The molecule has 0 aromatic heterocycles. The molecule has 14 heavy (non-hydrogen) atoms. The van der Waals surface area contributed by atoms with Crippen LogP contribution >= 0.6 is 0 Å². The lowest BCUT2D eigenvalue weighted by Gasteiger charge is -2.22. The van der Waals surface area contributed by atoms with E-state index in [0.29, 0.717) is 6.61 Å². The average Bonchev–Trinajstić information content (AvgIpc) is 2.16. The lowest BCUT2D eigenvalue weighted by atomic mass is 10.3. The van der Waals surface area contributed by atoms with E-state index in [9.17, 15) is 4.79 Å². The summed E-state index contributed by atoms with van der Waals surface area (Å²) in [6.45, 7) is 6.91. The van der Waals surface area contributed by atoms with E-state index in [1.165, 1.54) is 0 Å². The largest absolute Gasteiger partial charge is 0.465 e. The molecule has 0 rings (SSSR count). The van der Waals surface area contributed by atoms with Gasteiger partial charge in [-0.05, 0) is 26.8 Å². The molecule has 0 radical (unpaired) electrons. The fraction of sp³-hybridized carbons (Fsp3) is 0.800. The Balaban J connectivity index is 4.09. The van der Waals surface area contributed by atoms with Crippen LogP contribution in [0.25, 0.3) is 0 Å². The maximum atomic E-state index is 11.2. The second kappa shape index (κ2) is 7.34. The molecule has 4 heteroatoms. The third-order valence-electron chi connectivity index (χ3n) is 1.88. The summed E-state index contributed by atoms with van der Waals surface area (Å²) in [5.41, 5.74) is 0. The second-order valence-electron chi connectivity index (χ2n) is 3.08. The van der Waals surface area contributed by atoms with E-state index in [1.807, 2.05) is 11.8 Å². The monoisotopic (exact) mass is 198 g/mol. The van der Waals surface area contributed by atoms with Crippen molar-refractivity contribution in [2.45, 2.75) is 33.2 Å². The fourth-order valence-corrected chi connectivity index (χ4v) is 1.15. The number of rotatable bonds is 6. The van der Waals surface area contributed by atoms with Gasteiger partial charge >= 0.3 is 5.97 Å². The highest BCUT2D eigenvalue weighted by molar-refractivity contribution is 5.71. The van der Waals surface area contributed by atoms with Crippen molar-refractivity contribution in [2.24, 2.45) is 0 Å². The minimum Gasteiger partial charge on any atom is -0.465 e. The van der Waals surface area contributed by atoms with Gasteiger partial charge in [0.1, 0.15) is 0 Å². The Labute approximate surface area is 85.5 Å². The van der Waals surface area contributed by atoms with Gasteiger partial charge in [-0.3, -0.25) is 9.69 Å². The lowest BCUT2D eigenvalue weighted by Crippen LogP contribution is -2.37. The topological polar surface area (TPSA) is 53.3 Å². The Morgan fingerprint density at radius 3 is 2.64 bits per heavy atom. The molecule has 0 N–H and O–H groups in total. The van der Waals surface area contributed by atoms with E-state index in [0.717, 1.165) is 13.0 Å². The zero-order valence-electron chi connectivity index (χ0n) is 9.12. The third kappa shape index (κ3) is 4.83. The third-order valence-corrected chi connectivity index (χ3v) is 1.88. The van der Waals surface area contributed by atoms with Crippen molar-refractivity contribution in [3.05, 3.63) is 0 Å². The minimum atomic E-state index is -0.261. The Kier molecular flexibility index (Phi) is 6.77. The summed E-state index contributed by atoms with van der Waals surface area (Å²) in [5, 5.41) is 8.73. The first kappa shape index (κ1) is 12.9. The first-order valence-corrected chi connectivity index (χ1v) is 4.94. The standard InChI is InChI=1S/C10H18N2O2/c1-4-6-12(9(3)7-11)8-10(13)14-5-2/h9H,4-6,8H2,1-3H3. The molecule has 0 aliphatic heterocycles. The smallest absolute Gasteiger partial charge is 0.320 e. The lowest BCUT2D eigenvalue weighted by molar-refractivity contribution is -0.144. The summed E-state index contributed by atoms with van der Waals surface area (Å²) in [7, 11) is 0. The molecule has 0 aliphatic carbocycles. The number of carbonyl (C=O) groups excluding carboxylic acids is 1. The molecule has 0 amide bonds. The summed E-state index contributed by atoms with van der Waals surface area (Å²) in [4.78, 5) is 13.0. The van der Waals surface area contributed by atoms with Gasteiger partial charge in [0.2, 0.25) is 0 Å². The molecule has 0 saturated heterocycles. The van der Waals surface area contributed by atoms with Crippen LogP contribution in [0.15, 0.2) is 0 Å². The van der Waals surface area contributed by atoms with Gasteiger partial charge in [-0.25, -0.2) is 0 Å². The van der Waals surface area contributed by atoms with Crippen LogP contribution in [0.4, 0.5) is 0 Å². The van der Waals surface area contributed by atoms with E-state index in [-0.39, 0.29) is 18.6 Å². The SMILES string of the molecule is CCCN(CC(=O)OCC)C(C)C#N. The second-order valence-corrected chi connectivity index (χ2v) is 3.08. The molecule has 0 saturated carbocycles. The van der Waals surface area contributed by atoms with Crippen LogP contribution in [0.1, 0.15) is 27.2 Å². The normalized spacial score (nSPS) is 12.2. The van der Waals surface area contributed by atoms with Crippen molar-refractivity contribution < 1.29 is 9.53 Å². The summed E-state index contributed by atoms with van der Waals surface area (Å²) >= 11 is 0. The van der Waals surface area contributed by atoms with Crippen LogP contribution in [-0.4, -0.2) is 36.6 Å². The zero-order valence-corrected chi connectivity index (χ0v) is 9.12. The van der Waals surface area contributed by atoms with E-state index in [2.05, 4.69) is 6.07 Å². The van der Waals surface area contributed by atoms with Crippen LogP contribution in [0.3, 0.4) is 0 Å². The maximum absolute atomic E-state index is 11.2. The van der Waals surface area contributed by atoms with Gasteiger partial charge in [-0.15, -0.1) is 0 Å². The quantitative estimate of drug-likeness (QED) is 0.601. The first-order valence-electron chi connectivity index (χ1n) is 4.94. The Bertz CT molecular complexity index is 211. The van der Waals surface area contributed by atoms with Crippen molar-refractivity contribution in [1.29, 1.82) is 5.26 Å². The highest BCUT2D eigenvalue weighted by Crippen LogP contribution is 1.99. The van der Waals surface area contributed by atoms with Crippen LogP contribution in [0.2, 0.25) is 0 Å². The zero-order chi connectivity index (χ0) is 11.0. The number of hydrogen-bond donors (Lipinski definition) is 0. The van der Waals surface area contributed by atoms with Crippen LogP contribution in [0.5, 0.6) is 0 Å². The number of ether oxygens (including phenoxy) is 1. The predicted molar refractivity (Wildman–Crippen MR) is 53.6 cm³/mol. The molecule has 0 fully saturated rings. The van der Waals surface area contributed by atoms with Gasteiger partial charge < -0.3 is 4.74 Å². The summed E-state index contributed by atoms with van der Waals surface area (Å²) < 4.78 is 4.82. The van der Waals surface area contributed by atoms with Crippen molar-refractivity contribution >= 4 is 5.97 Å². The number of esters is 1. The van der Waals surface area contributed by atoms with E-state index < -0.39 is 0 Å². The summed E-state index contributed by atoms with van der Waals surface area (Å²) in [6, 6.07) is 1.88. The maximum Gasteiger partial charge on any atom is 0.320 e. The van der Waals surface area contributed by atoms with Gasteiger partial charge in [0.05, 0.1) is 25.3 Å². The highest BCUT2D eigenvalue weighted by atomic mass is 16.5. The van der Waals surface area contributed by atoms with Crippen LogP contribution < -0.4 is 0 Å². The van der Waals surface area contributed by atoms with Gasteiger partial charge in [0.25, 0.3) is 0 Å². The van der Waals surface area contributed by atoms with Gasteiger partial charge in [-0.1, -0.05) is 6.92 Å². The van der Waals surface area contributed by atoms with E-state index >= 15 is 0 Å². The molecule has 0 bridgehead atoms. The van der Waals surface area contributed by atoms with Gasteiger partial charge in [0.15, 0.2) is 0 Å². The Morgan fingerprint density at radius 2 is 2.21 bits per heavy atom. The molecule has 0 heterocycles. The van der Waals surface area contributed by atoms with Crippen molar-refractivity contribution in [2.75, 3.05) is 19.7 Å². The molecule has 0 aliphatic rings. The molecule has 1 unspecified atom stereocenters. The molecule has 1 atom stereocenters. The summed E-state index contributed by atoms with van der Waals surface area (Å²) in [6.07, 6.45) is 0.922. The summed E-state index contributed by atoms with van der Waals surface area (Å²) in [5.74, 6) is -0.261. The van der Waals surface area contributed by atoms with Gasteiger partial charge in [-0.2, -0.15) is 5.26 Å². The Hall–Kier alpha value is -1.08. The van der Waals surface area contributed by atoms with Crippen molar-refractivity contribution in [3.63, 3.8) is 0 Å². The van der Waals surface area contributed by atoms with E-state index in [4.69, 9.17) is 10.00 Å². The van der Waals surface area contributed by atoms with Gasteiger partial charge in [0, 0.05) is 0 Å². The molecule has 0 aromatic rings. The minimum absolute atomic E-state index is 0.205. The van der Waals surface area contributed by atoms with Crippen molar-refractivity contribution in [1.82, 2.24) is 4.90 Å². The molecule has 80 valence electrons. The van der Waals surface area contributed by atoms with Crippen LogP contribution in [-0.2, 0) is 9.53 Å². The number of hydrogen-bond acceptors (Lipinski definition) is 4. The van der Waals surface area contributed by atoms with Crippen molar-refractivity contribution in [3.8, 4) is 6.07 Å². The Morgan fingerprint density at radius 1 is 1.57 bits per heavy atom. The van der Waals surface area contributed by atoms with Crippen LogP contribution in [0, 0.1) is 11.3 Å². The highest BCUT2D eigenvalue weighted by Gasteiger charge is 2.16. The first-order chi connectivity index (χ1) is 6.65. The molecule has 0 aromatic carbocycles. The van der Waals surface area contributed by atoms with E-state index in [1.54, 1.807) is 13.8 Å².